The Labute approximate surface area is 219 Å². The van der Waals surface area contributed by atoms with Crippen molar-refractivity contribution in [3.63, 3.8) is 0 Å². The first-order valence-electron chi connectivity index (χ1n) is 12.1. The number of thiazole rings is 1. The summed E-state index contributed by atoms with van der Waals surface area (Å²) in [6, 6.07) is 23.1. The molecule has 3 heterocycles. The molecule has 0 spiro atoms. The summed E-state index contributed by atoms with van der Waals surface area (Å²) in [7, 11) is 0. The van der Waals surface area contributed by atoms with Gasteiger partial charge >= 0.3 is 0 Å². The molecule has 0 fully saturated rings. The average Bonchev–Trinajstić information content (AvgIpc) is 3.36. The molecule has 3 aromatic heterocycles. The zero-order valence-electron chi connectivity index (χ0n) is 20.6. The number of rotatable bonds is 9. The topological polar surface area (TPSA) is 105 Å². The molecule has 5 rings (SSSR count). The van der Waals surface area contributed by atoms with Gasteiger partial charge in [0.2, 0.25) is 0 Å². The molecule has 0 bridgehead atoms. The molecule has 0 radical (unpaired) electrons. The minimum absolute atomic E-state index is 0.272. The van der Waals surface area contributed by atoms with Crippen molar-refractivity contribution >= 4 is 39.1 Å². The number of hydrogen-bond acceptors (Lipinski definition) is 8. The van der Waals surface area contributed by atoms with Crippen LogP contribution in [0, 0.1) is 0 Å². The number of carbonyl (C=O) groups excluding carboxylic acids is 1. The highest BCUT2D eigenvalue weighted by atomic mass is 32.1. The van der Waals surface area contributed by atoms with Crippen LogP contribution in [0.3, 0.4) is 0 Å². The summed E-state index contributed by atoms with van der Waals surface area (Å²) in [5.74, 6) is 0.753. The minimum Gasteiger partial charge on any atom is -0.369 e. The van der Waals surface area contributed by atoms with E-state index < -0.39 is 0 Å². The maximum atomic E-state index is 13.5. The van der Waals surface area contributed by atoms with Crippen LogP contribution >= 0.6 is 11.3 Å². The van der Waals surface area contributed by atoms with Gasteiger partial charge in [-0.2, -0.15) is 0 Å². The number of pyridine rings is 1. The van der Waals surface area contributed by atoms with Gasteiger partial charge in [0.25, 0.3) is 5.91 Å². The number of para-hydroxylation sites is 1. The molecule has 0 aliphatic heterocycles. The quantitative estimate of drug-likeness (QED) is 0.226. The summed E-state index contributed by atoms with van der Waals surface area (Å²) in [6.07, 6.45) is 1.75. The second kappa shape index (κ2) is 11.2. The van der Waals surface area contributed by atoms with E-state index >= 15 is 0 Å². The van der Waals surface area contributed by atoms with Crippen molar-refractivity contribution in [3.8, 4) is 22.0 Å². The third-order valence-corrected chi connectivity index (χ3v) is 6.56. The molecular weight excluding hydrogens is 482 g/mol. The Balaban J connectivity index is 1.43. The van der Waals surface area contributed by atoms with Crippen LogP contribution in [0.15, 0.2) is 79.0 Å². The lowest BCUT2D eigenvalue weighted by atomic mass is 10.1. The van der Waals surface area contributed by atoms with E-state index in [0.29, 0.717) is 29.9 Å². The van der Waals surface area contributed by atoms with Gasteiger partial charge in [0, 0.05) is 42.5 Å². The van der Waals surface area contributed by atoms with Crippen LogP contribution in [0.1, 0.15) is 24.3 Å². The van der Waals surface area contributed by atoms with Crippen molar-refractivity contribution in [2.24, 2.45) is 0 Å². The summed E-state index contributed by atoms with van der Waals surface area (Å²) >= 11 is 1.49. The SMILES string of the molecule is CC(C)NCCNc1cc(C(=O)Nc2ccccc2-c2nc3cccnc3s2)nc(-c2ccccc2)n1. The van der Waals surface area contributed by atoms with E-state index in [1.807, 2.05) is 66.7 Å². The molecule has 0 saturated carbocycles. The maximum Gasteiger partial charge on any atom is 0.274 e. The Hall–Kier alpha value is -4.21. The van der Waals surface area contributed by atoms with E-state index in [2.05, 4.69) is 44.7 Å². The normalized spacial score (nSPS) is 11.1. The Morgan fingerprint density at radius 2 is 1.73 bits per heavy atom. The van der Waals surface area contributed by atoms with E-state index in [0.717, 1.165) is 33.0 Å². The molecular formula is C28H27N7OS. The molecule has 1 amide bonds. The van der Waals surface area contributed by atoms with Gasteiger partial charge in [0.05, 0.1) is 5.69 Å². The van der Waals surface area contributed by atoms with Crippen LogP contribution in [0.25, 0.3) is 32.3 Å². The second-order valence-electron chi connectivity index (χ2n) is 8.71. The first-order chi connectivity index (χ1) is 18.1. The van der Waals surface area contributed by atoms with E-state index in [9.17, 15) is 4.79 Å². The number of amides is 1. The fourth-order valence-electron chi connectivity index (χ4n) is 3.77. The summed E-state index contributed by atoms with van der Waals surface area (Å²) in [6.45, 7) is 5.64. The third-order valence-electron chi connectivity index (χ3n) is 5.55. The van der Waals surface area contributed by atoms with Crippen molar-refractivity contribution in [2.75, 3.05) is 23.7 Å². The van der Waals surface area contributed by atoms with Crippen LogP contribution in [-0.2, 0) is 0 Å². The molecule has 0 unspecified atom stereocenters. The highest BCUT2D eigenvalue weighted by Gasteiger charge is 2.17. The fraction of sp³-hybridized carbons (Fsp3) is 0.179. The molecule has 186 valence electrons. The molecule has 8 nitrogen and oxygen atoms in total. The maximum absolute atomic E-state index is 13.5. The van der Waals surface area contributed by atoms with Gasteiger partial charge in [-0.3, -0.25) is 4.79 Å². The highest BCUT2D eigenvalue weighted by molar-refractivity contribution is 7.21. The van der Waals surface area contributed by atoms with Crippen LogP contribution in [0.2, 0.25) is 0 Å². The number of fused-ring (bicyclic) bond motifs is 1. The highest BCUT2D eigenvalue weighted by Crippen LogP contribution is 2.33. The molecule has 3 N–H and O–H groups in total. The minimum atomic E-state index is -0.324. The lowest BCUT2D eigenvalue weighted by Crippen LogP contribution is -2.28. The average molecular weight is 510 g/mol. The zero-order valence-corrected chi connectivity index (χ0v) is 21.4. The number of nitrogens with zero attached hydrogens (tertiary/aromatic N) is 4. The Morgan fingerprint density at radius 1 is 0.919 bits per heavy atom. The zero-order chi connectivity index (χ0) is 25.6. The number of anilines is 2. The van der Waals surface area contributed by atoms with Crippen molar-refractivity contribution in [3.05, 3.63) is 84.7 Å². The van der Waals surface area contributed by atoms with E-state index in [4.69, 9.17) is 4.98 Å². The number of carbonyl (C=O) groups is 1. The second-order valence-corrected chi connectivity index (χ2v) is 9.69. The van der Waals surface area contributed by atoms with Crippen molar-refractivity contribution in [2.45, 2.75) is 19.9 Å². The predicted molar refractivity (Wildman–Crippen MR) is 150 cm³/mol. The van der Waals surface area contributed by atoms with Crippen molar-refractivity contribution < 1.29 is 4.79 Å². The number of nitrogens with one attached hydrogen (secondary N) is 3. The summed E-state index contributed by atoms with van der Waals surface area (Å²) in [5, 5.41) is 10.5. The van der Waals surface area contributed by atoms with Gasteiger partial charge in [-0.25, -0.2) is 19.9 Å². The fourth-order valence-corrected chi connectivity index (χ4v) is 4.72. The smallest absolute Gasteiger partial charge is 0.274 e. The molecule has 5 aromatic rings. The van der Waals surface area contributed by atoms with E-state index in [-0.39, 0.29) is 11.6 Å². The van der Waals surface area contributed by atoms with Gasteiger partial charge in [-0.05, 0) is 24.3 Å². The number of benzene rings is 2. The molecule has 0 aliphatic carbocycles. The van der Waals surface area contributed by atoms with Gasteiger partial charge in [-0.15, -0.1) is 0 Å². The van der Waals surface area contributed by atoms with Gasteiger partial charge in [-0.1, -0.05) is 67.6 Å². The Kier molecular flexibility index (Phi) is 7.43. The van der Waals surface area contributed by atoms with Gasteiger partial charge < -0.3 is 16.0 Å². The van der Waals surface area contributed by atoms with Crippen LogP contribution in [-0.4, -0.2) is 45.0 Å². The van der Waals surface area contributed by atoms with E-state index in [1.54, 1.807) is 12.3 Å². The standard InChI is InChI=1S/C28H27N7OS/c1-18(2)29-15-16-30-24-17-23(32-25(35-24)19-9-4-3-5-10-19)26(36)33-21-12-7-6-11-20(21)27-34-22-13-8-14-31-28(22)37-27/h3-14,17-18,29H,15-16H2,1-2H3,(H,33,36)(H,30,32,35). The molecule has 2 aromatic carbocycles. The number of hydrogen-bond donors (Lipinski definition) is 3. The lowest BCUT2D eigenvalue weighted by Gasteiger charge is -2.13. The summed E-state index contributed by atoms with van der Waals surface area (Å²) < 4.78 is 0. The van der Waals surface area contributed by atoms with E-state index in [1.165, 1.54) is 11.3 Å². The number of aromatic nitrogens is 4. The van der Waals surface area contributed by atoms with Crippen molar-refractivity contribution in [1.29, 1.82) is 0 Å². The molecule has 0 aliphatic rings. The first-order valence-corrected chi connectivity index (χ1v) is 12.9. The van der Waals surface area contributed by atoms with Gasteiger partial charge in [0.15, 0.2) is 5.82 Å². The van der Waals surface area contributed by atoms with Gasteiger partial charge in [0.1, 0.15) is 26.9 Å². The van der Waals surface area contributed by atoms with Crippen LogP contribution in [0.5, 0.6) is 0 Å². The van der Waals surface area contributed by atoms with Crippen LogP contribution in [0.4, 0.5) is 11.5 Å². The first kappa shape index (κ1) is 24.5. The summed E-state index contributed by atoms with van der Waals surface area (Å²) in [5.41, 5.74) is 3.42. The largest absolute Gasteiger partial charge is 0.369 e. The Bertz CT molecular complexity index is 1480. The Morgan fingerprint density at radius 3 is 2.54 bits per heavy atom. The third kappa shape index (κ3) is 5.96. The lowest BCUT2D eigenvalue weighted by molar-refractivity contribution is 0.102. The monoisotopic (exact) mass is 509 g/mol. The summed E-state index contributed by atoms with van der Waals surface area (Å²) in [4.78, 5) is 32.7. The molecule has 37 heavy (non-hydrogen) atoms. The molecule has 0 saturated heterocycles. The van der Waals surface area contributed by atoms with Crippen LogP contribution < -0.4 is 16.0 Å². The molecule has 9 heteroatoms. The van der Waals surface area contributed by atoms with Crippen molar-refractivity contribution in [1.82, 2.24) is 25.3 Å². The predicted octanol–water partition coefficient (Wildman–Crippen LogP) is 5.48. The molecule has 0 atom stereocenters.